The van der Waals surface area contributed by atoms with Crippen LogP contribution < -0.4 is 5.32 Å². The SMILES string of the molecule is O=C(O)CSc1nnc(NCC2CSCCS2)s1. The average molecular weight is 323 g/mol. The highest BCUT2D eigenvalue weighted by Gasteiger charge is 2.15. The lowest BCUT2D eigenvalue weighted by atomic mass is 10.5. The Morgan fingerprint density at radius 2 is 2.39 bits per heavy atom. The van der Waals surface area contributed by atoms with Crippen LogP contribution in [0.5, 0.6) is 0 Å². The molecule has 1 aliphatic rings. The fourth-order valence-corrected chi connectivity index (χ4v) is 5.41. The smallest absolute Gasteiger partial charge is 0.313 e. The second kappa shape index (κ2) is 7.46. The molecule has 1 aromatic heterocycles. The number of nitrogens with one attached hydrogen (secondary N) is 1. The van der Waals surface area contributed by atoms with Crippen molar-refractivity contribution in [3.63, 3.8) is 0 Å². The van der Waals surface area contributed by atoms with Crippen molar-refractivity contribution in [3.8, 4) is 0 Å². The Bertz CT molecular complexity index is 395. The molecule has 1 aromatic rings. The molecule has 1 aliphatic heterocycles. The third-order valence-electron chi connectivity index (χ3n) is 2.09. The Balaban J connectivity index is 1.73. The molecule has 0 amide bonds. The number of thioether (sulfide) groups is 3. The zero-order valence-electron chi connectivity index (χ0n) is 9.50. The quantitative estimate of drug-likeness (QED) is 0.770. The summed E-state index contributed by atoms with van der Waals surface area (Å²) in [6.45, 7) is 0.899. The maximum Gasteiger partial charge on any atom is 0.313 e. The Kier molecular flexibility index (Phi) is 5.93. The van der Waals surface area contributed by atoms with Gasteiger partial charge in [0, 0.05) is 29.1 Å². The Labute approximate surface area is 122 Å². The van der Waals surface area contributed by atoms with Crippen molar-refractivity contribution in [1.82, 2.24) is 10.2 Å². The van der Waals surface area contributed by atoms with Crippen LogP contribution in [-0.2, 0) is 4.79 Å². The van der Waals surface area contributed by atoms with E-state index in [1.54, 1.807) is 0 Å². The number of hydrogen-bond acceptors (Lipinski definition) is 8. The van der Waals surface area contributed by atoms with Gasteiger partial charge in [0.2, 0.25) is 5.13 Å². The van der Waals surface area contributed by atoms with Crippen LogP contribution in [0.2, 0.25) is 0 Å². The number of aromatic nitrogens is 2. The first-order valence-electron chi connectivity index (χ1n) is 5.35. The molecule has 18 heavy (non-hydrogen) atoms. The monoisotopic (exact) mass is 323 g/mol. The minimum atomic E-state index is -0.833. The van der Waals surface area contributed by atoms with Gasteiger partial charge >= 0.3 is 5.97 Å². The highest BCUT2D eigenvalue weighted by Crippen LogP contribution is 2.27. The van der Waals surface area contributed by atoms with E-state index in [9.17, 15) is 4.79 Å². The van der Waals surface area contributed by atoms with Gasteiger partial charge in [-0.1, -0.05) is 23.1 Å². The minimum absolute atomic E-state index is 0.0315. The fourth-order valence-electron chi connectivity index (χ4n) is 1.32. The standard InChI is InChI=1S/C9H13N3O2S4/c13-7(14)5-17-9-12-11-8(18-9)10-3-6-4-15-1-2-16-6/h6H,1-5H2,(H,10,11)(H,13,14). The number of carboxylic acid groups (broad SMARTS) is 1. The summed E-state index contributed by atoms with van der Waals surface area (Å²) in [5, 5.41) is 21.2. The highest BCUT2D eigenvalue weighted by molar-refractivity contribution is 8.06. The number of carboxylic acids is 1. The third kappa shape index (κ3) is 4.87. The van der Waals surface area contributed by atoms with E-state index in [1.165, 1.54) is 40.4 Å². The van der Waals surface area contributed by atoms with E-state index in [0.29, 0.717) is 9.59 Å². The third-order valence-corrected chi connectivity index (χ3v) is 6.94. The maximum atomic E-state index is 10.4. The predicted octanol–water partition coefficient (Wildman–Crippen LogP) is 1.98. The van der Waals surface area contributed by atoms with Gasteiger partial charge in [-0.05, 0) is 0 Å². The minimum Gasteiger partial charge on any atom is -0.481 e. The first-order chi connectivity index (χ1) is 8.74. The van der Waals surface area contributed by atoms with Crippen LogP contribution in [0.1, 0.15) is 0 Å². The average Bonchev–Trinajstić information content (AvgIpc) is 2.83. The van der Waals surface area contributed by atoms with Crippen LogP contribution in [0.25, 0.3) is 0 Å². The van der Waals surface area contributed by atoms with Crippen molar-refractivity contribution in [1.29, 1.82) is 0 Å². The van der Waals surface area contributed by atoms with E-state index >= 15 is 0 Å². The van der Waals surface area contributed by atoms with Crippen LogP contribution >= 0.6 is 46.6 Å². The molecule has 0 aromatic carbocycles. The number of rotatable bonds is 6. The van der Waals surface area contributed by atoms with E-state index < -0.39 is 5.97 Å². The van der Waals surface area contributed by atoms with Gasteiger partial charge in [-0.2, -0.15) is 23.5 Å². The van der Waals surface area contributed by atoms with Gasteiger partial charge in [-0.25, -0.2) is 0 Å². The van der Waals surface area contributed by atoms with E-state index in [1.807, 2.05) is 23.5 Å². The molecule has 0 saturated carbocycles. The lowest BCUT2D eigenvalue weighted by Crippen LogP contribution is -2.23. The number of anilines is 1. The summed E-state index contributed by atoms with van der Waals surface area (Å²) >= 11 is 6.61. The van der Waals surface area contributed by atoms with Crippen molar-refractivity contribution >= 4 is 57.7 Å². The van der Waals surface area contributed by atoms with Crippen LogP contribution in [0.4, 0.5) is 5.13 Å². The van der Waals surface area contributed by atoms with Gasteiger partial charge in [0.15, 0.2) is 4.34 Å². The molecule has 0 bridgehead atoms. The second-order valence-electron chi connectivity index (χ2n) is 3.50. The fraction of sp³-hybridized carbons (Fsp3) is 0.667. The second-order valence-corrected chi connectivity index (χ2v) is 8.26. The predicted molar refractivity (Wildman–Crippen MR) is 80.3 cm³/mol. The Morgan fingerprint density at radius 3 is 3.11 bits per heavy atom. The van der Waals surface area contributed by atoms with Crippen LogP contribution in [0, 0.1) is 0 Å². The van der Waals surface area contributed by atoms with Gasteiger partial charge in [0.05, 0.1) is 5.75 Å². The molecular formula is C9H13N3O2S4. The highest BCUT2D eigenvalue weighted by atomic mass is 32.2. The van der Waals surface area contributed by atoms with E-state index in [-0.39, 0.29) is 5.75 Å². The van der Waals surface area contributed by atoms with Crippen LogP contribution in [0.15, 0.2) is 4.34 Å². The maximum absolute atomic E-state index is 10.4. The first-order valence-corrected chi connectivity index (χ1v) is 9.36. The summed E-state index contributed by atoms with van der Waals surface area (Å²) in [7, 11) is 0. The molecule has 1 saturated heterocycles. The molecule has 2 heterocycles. The van der Waals surface area contributed by atoms with Gasteiger partial charge in [0.25, 0.3) is 0 Å². The molecule has 1 fully saturated rings. The normalized spacial score (nSPS) is 19.7. The molecule has 100 valence electrons. The summed E-state index contributed by atoms with van der Waals surface area (Å²) in [4.78, 5) is 10.4. The van der Waals surface area contributed by atoms with Gasteiger partial charge < -0.3 is 10.4 Å². The number of hydrogen-bond donors (Lipinski definition) is 2. The Hall–Kier alpha value is -0.120. The lowest BCUT2D eigenvalue weighted by Gasteiger charge is -2.20. The molecular weight excluding hydrogens is 310 g/mol. The first kappa shape index (κ1) is 14.3. The van der Waals surface area contributed by atoms with E-state index in [4.69, 9.17) is 5.11 Å². The summed E-state index contributed by atoms with van der Waals surface area (Å²) < 4.78 is 0.700. The Morgan fingerprint density at radius 1 is 1.50 bits per heavy atom. The summed E-state index contributed by atoms with van der Waals surface area (Å²) in [5.41, 5.74) is 0. The largest absolute Gasteiger partial charge is 0.481 e. The van der Waals surface area contributed by atoms with Crippen molar-refractivity contribution in [3.05, 3.63) is 0 Å². The van der Waals surface area contributed by atoms with Gasteiger partial charge in [0.1, 0.15) is 0 Å². The van der Waals surface area contributed by atoms with Crippen molar-refractivity contribution in [2.75, 3.05) is 34.9 Å². The molecule has 2 rings (SSSR count). The van der Waals surface area contributed by atoms with Crippen molar-refractivity contribution in [2.24, 2.45) is 0 Å². The zero-order chi connectivity index (χ0) is 12.8. The summed E-state index contributed by atoms with van der Waals surface area (Å²) in [5.74, 6) is 2.84. The van der Waals surface area contributed by atoms with Crippen molar-refractivity contribution in [2.45, 2.75) is 9.59 Å². The van der Waals surface area contributed by atoms with Crippen LogP contribution in [-0.4, -0.2) is 56.1 Å². The molecule has 1 unspecified atom stereocenters. The summed E-state index contributed by atoms with van der Waals surface area (Å²) in [6, 6.07) is 0. The molecule has 0 aliphatic carbocycles. The van der Waals surface area contributed by atoms with Gasteiger partial charge in [-0.3, -0.25) is 4.79 Å². The zero-order valence-corrected chi connectivity index (χ0v) is 12.8. The number of aliphatic carboxylic acids is 1. The number of carbonyl (C=O) groups is 1. The molecule has 2 N–H and O–H groups in total. The molecule has 5 nitrogen and oxygen atoms in total. The molecule has 0 radical (unpaired) electrons. The topological polar surface area (TPSA) is 75.1 Å². The lowest BCUT2D eigenvalue weighted by molar-refractivity contribution is -0.133. The molecule has 0 spiro atoms. The number of nitrogens with zero attached hydrogens (tertiary/aromatic N) is 2. The molecule has 9 heteroatoms. The molecule has 1 atom stereocenters. The van der Waals surface area contributed by atoms with Crippen molar-refractivity contribution < 1.29 is 9.90 Å². The van der Waals surface area contributed by atoms with E-state index in [0.717, 1.165) is 11.7 Å². The van der Waals surface area contributed by atoms with E-state index in [2.05, 4.69) is 15.5 Å². The van der Waals surface area contributed by atoms with Gasteiger partial charge in [-0.15, -0.1) is 10.2 Å². The summed E-state index contributed by atoms with van der Waals surface area (Å²) in [6.07, 6.45) is 0. The van der Waals surface area contributed by atoms with Crippen LogP contribution in [0.3, 0.4) is 0 Å².